The van der Waals surface area contributed by atoms with Crippen molar-refractivity contribution in [3.63, 3.8) is 0 Å². The number of H-pyrrole nitrogens is 1. The van der Waals surface area contributed by atoms with Gasteiger partial charge >= 0.3 is 0 Å². The third-order valence-corrected chi connectivity index (χ3v) is 4.90. The summed E-state index contributed by atoms with van der Waals surface area (Å²) in [6, 6.07) is 6.89. The summed E-state index contributed by atoms with van der Waals surface area (Å²) in [5.74, 6) is 2.60. The first-order chi connectivity index (χ1) is 9.83. The zero-order valence-electron chi connectivity index (χ0n) is 11.9. The van der Waals surface area contributed by atoms with Gasteiger partial charge < -0.3 is 9.72 Å². The molecular weight excluding hydrogens is 250 g/mol. The van der Waals surface area contributed by atoms with E-state index in [1.165, 1.54) is 38.8 Å². The highest BCUT2D eigenvalue weighted by molar-refractivity contribution is 5.76. The Morgan fingerprint density at radius 3 is 2.95 bits per heavy atom. The van der Waals surface area contributed by atoms with Crippen LogP contribution in [0.1, 0.15) is 37.4 Å². The van der Waals surface area contributed by atoms with Gasteiger partial charge in [0, 0.05) is 24.6 Å². The second-order valence-corrected chi connectivity index (χ2v) is 6.07. The molecule has 4 rings (SSSR count). The quantitative estimate of drug-likeness (QED) is 0.933. The van der Waals surface area contributed by atoms with Gasteiger partial charge in [-0.1, -0.05) is 6.42 Å². The Labute approximate surface area is 119 Å². The van der Waals surface area contributed by atoms with E-state index in [1.807, 2.05) is 18.2 Å². The van der Waals surface area contributed by atoms with E-state index in [0.717, 1.165) is 28.6 Å². The van der Waals surface area contributed by atoms with Crippen molar-refractivity contribution in [1.82, 2.24) is 14.9 Å². The van der Waals surface area contributed by atoms with Gasteiger partial charge in [-0.25, -0.2) is 4.98 Å². The van der Waals surface area contributed by atoms with Crippen LogP contribution in [0.15, 0.2) is 18.2 Å². The standard InChI is InChI=1S/C16H21N3O/c1-20-13-5-6-14-15(9-13)18-16(17-14)11-7-8-19(10-11)12-3-2-4-12/h5-6,9,11-12H,2-4,7-8,10H2,1H3,(H,17,18)/t11-/m0/s1. The van der Waals surface area contributed by atoms with Crippen LogP contribution >= 0.6 is 0 Å². The number of imidazole rings is 1. The number of methoxy groups -OCH3 is 1. The lowest BCUT2D eigenvalue weighted by Crippen LogP contribution is -2.38. The Morgan fingerprint density at radius 2 is 2.20 bits per heavy atom. The molecule has 1 saturated carbocycles. The van der Waals surface area contributed by atoms with Crippen LogP contribution in [0.5, 0.6) is 5.75 Å². The summed E-state index contributed by atoms with van der Waals surface area (Å²) in [6.45, 7) is 2.40. The summed E-state index contributed by atoms with van der Waals surface area (Å²) >= 11 is 0. The second-order valence-electron chi connectivity index (χ2n) is 6.07. The Morgan fingerprint density at radius 1 is 1.30 bits per heavy atom. The number of hydrogen-bond acceptors (Lipinski definition) is 3. The number of likely N-dealkylation sites (tertiary alicyclic amines) is 1. The molecular formula is C16H21N3O. The third-order valence-electron chi connectivity index (χ3n) is 4.90. The maximum atomic E-state index is 5.27. The molecule has 0 bridgehead atoms. The lowest BCUT2D eigenvalue weighted by molar-refractivity contribution is 0.157. The number of benzene rings is 1. The van der Waals surface area contributed by atoms with E-state index in [9.17, 15) is 0 Å². The number of nitrogens with zero attached hydrogens (tertiary/aromatic N) is 2. The van der Waals surface area contributed by atoms with Gasteiger partial charge in [-0.3, -0.25) is 4.90 Å². The molecule has 2 aromatic rings. The Balaban J connectivity index is 1.56. The molecule has 2 heterocycles. The molecule has 0 amide bonds. The molecule has 1 N–H and O–H groups in total. The molecule has 2 fully saturated rings. The minimum Gasteiger partial charge on any atom is -0.497 e. The lowest BCUT2D eigenvalue weighted by atomic mass is 9.92. The van der Waals surface area contributed by atoms with Gasteiger partial charge in [-0.05, 0) is 37.9 Å². The number of fused-ring (bicyclic) bond motifs is 1. The third kappa shape index (κ3) is 1.99. The van der Waals surface area contributed by atoms with E-state index in [-0.39, 0.29) is 0 Å². The van der Waals surface area contributed by atoms with E-state index in [4.69, 9.17) is 9.72 Å². The number of nitrogens with one attached hydrogen (secondary N) is 1. The fraction of sp³-hybridized carbons (Fsp3) is 0.562. The summed E-state index contributed by atoms with van der Waals surface area (Å²) in [5, 5.41) is 0. The predicted octanol–water partition coefficient (Wildman–Crippen LogP) is 2.91. The maximum absolute atomic E-state index is 5.27. The van der Waals surface area contributed by atoms with Crippen molar-refractivity contribution >= 4 is 11.0 Å². The highest BCUT2D eigenvalue weighted by Gasteiger charge is 2.33. The number of aromatic nitrogens is 2. The summed E-state index contributed by atoms with van der Waals surface area (Å²) < 4.78 is 5.27. The van der Waals surface area contributed by atoms with Gasteiger partial charge in [0.15, 0.2) is 0 Å². The van der Waals surface area contributed by atoms with Crippen LogP contribution in [0, 0.1) is 0 Å². The fourth-order valence-corrected chi connectivity index (χ4v) is 3.42. The molecule has 1 aliphatic heterocycles. The van der Waals surface area contributed by atoms with E-state index in [1.54, 1.807) is 7.11 Å². The van der Waals surface area contributed by atoms with Crippen LogP contribution in [-0.4, -0.2) is 41.1 Å². The molecule has 1 aromatic heterocycles. The van der Waals surface area contributed by atoms with Gasteiger partial charge in [0.25, 0.3) is 0 Å². The van der Waals surface area contributed by atoms with Gasteiger partial charge in [0.1, 0.15) is 11.6 Å². The summed E-state index contributed by atoms with van der Waals surface area (Å²) in [7, 11) is 1.70. The molecule has 4 heteroatoms. The Hall–Kier alpha value is -1.55. The predicted molar refractivity (Wildman–Crippen MR) is 79.2 cm³/mol. The molecule has 0 radical (unpaired) electrons. The average Bonchev–Trinajstić information content (AvgIpc) is 3.01. The second kappa shape index (κ2) is 4.77. The Bertz CT molecular complexity index is 617. The van der Waals surface area contributed by atoms with E-state index < -0.39 is 0 Å². The summed E-state index contributed by atoms with van der Waals surface area (Å²) in [6.07, 6.45) is 5.43. The largest absolute Gasteiger partial charge is 0.497 e. The zero-order chi connectivity index (χ0) is 13.5. The van der Waals surface area contributed by atoms with Gasteiger partial charge in [-0.2, -0.15) is 0 Å². The maximum Gasteiger partial charge on any atom is 0.121 e. The van der Waals surface area contributed by atoms with Crippen molar-refractivity contribution in [3.05, 3.63) is 24.0 Å². The number of rotatable bonds is 3. The SMILES string of the molecule is COc1ccc2nc([C@H]3CCN(C4CCC4)C3)[nH]c2c1. The molecule has 106 valence electrons. The Kier molecular flexibility index (Phi) is 2.91. The summed E-state index contributed by atoms with van der Waals surface area (Å²) in [4.78, 5) is 10.9. The fourth-order valence-electron chi connectivity index (χ4n) is 3.42. The zero-order valence-corrected chi connectivity index (χ0v) is 11.9. The van der Waals surface area contributed by atoms with Crippen molar-refractivity contribution in [1.29, 1.82) is 0 Å². The van der Waals surface area contributed by atoms with Crippen molar-refractivity contribution in [3.8, 4) is 5.75 Å². The van der Waals surface area contributed by atoms with Crippen LogP contribution in [0.4, 0.5) is 0 Å². The normalized spacial score (nSPS) is 24.1. The minimum absolute atomic E-state index is 0.564. The molecule has 20 heavy (non-hydrogen) atoms. The van der Waals surface area contributed by atoms with Crippen LogP contribution in [0.25, 0.3) is 11.0 Å². The molecule has 1 saturated heterocycles. The van der Waals surface area contributed by atoms with Gasteiger partial charge in [0.05, 0.1) is 18.1 Å². The monoisotopic (exact) mass is 271 g/mol. The molecule has 1 aliphatic carbocycles. The van der Waals surface area contributed by atoms with Crippen LogP contribution in [0.2, 0.25) is 0 Å². The van der Waals surface area contributed by atoms with E-state index >= 15 is 0 Å². The van der Waals surface area contributed by atoms with Crippen LogP contribution in [0.3, 0.4) is 0 Å². The molecule has 0 spiro atoms. The smallest absolute Gasteiger partial charge is 0.121 e. The average molecular weight is 271 g/mol. The van der Waals surface area contributed by atoms with E-state index in [2.05, 4.69) is 9.88 Å². The first kappa shape index (κ1) is 12.2. The molecule has 1 atom stereocenters. The number of hydrogen-bond donors (Lipinski definition) is 1. The highest BCUT2D eigenvalue weighted by atomic mass is 16.5. The van der Waals surface area contributed by atoms with Crippen LogP contribution < -0.4 is 4.74 Å². The van der Waals surface area contributed by atoms with Crippen LogP contribution in [-0.2, 0) is 0 Å². The lowest BCUT2D eigenvalue weighted by Gasteiger charge is -2.34. The summed E-state index contributed by atoms with van der Waals surface area (Å²) in [5.41, 5.74) is 2.13. The number of ether oxygens (including phenoxy) is 1. The van der Waals surface area contributed by atoms with Gasteiger partial charge in [0.2, 0.25) is 0 Å². The first-order valence-electron chi connectivity index (χ1n) is 7.61. The van der Waals surface area contributed by atoms with Gasteiger partial charge in [-0.15, -0.1) is 0 Å². The van der Waals surface area contributed by atoms with Crippen molar-refractivity contribution in [2.24, 2.45) is 0 Å². The topological polar surface area (TPSA) is 41.1 Å². The van der Waals surface area contributed by atoms with E-state index in [0.29, 0.717) is 5.92 Å². The molecule has 2 aliphatic rings. The minimum atomic E-state index is 0.564. The molecule has 0 unspecified atom stereocenters. The highest BCUT2D eigenvalue weighted by Crippen LogP contribution is 2.34. The molecule has 1 aromatic carbocycles. The van der Waals surface area contributed by atoms with Crippen molar-refractivity contribution in [2.45, 2.75) is 37.6 Å². The first-order valence-corrected chi connectivity index (χ1v) is 7.61. The van der Waals surface area contributed by atoms with Crippen molar-refractivity contribution in [2.75, 3.05) is 20.2 Å². The number of aromatic amines is 1. The molecule has 4 nitrogen and oxygen atoms in total. The van der Waals surface area contributed by atoms with Crippen molar-refractivity contribution < 1.29 is 4.74 Å².